The Bertz CT molecular complexity index is 639. The Kier molecular flexibility index (Phi) is 4.12. The Morgan fingerprint density at radius 3 is 2.23 bits per heavy atom. The molecule has 2 heteroatoms. The SMILES string of the molecule is CCc1ccc(C(=O)C(c2ccccc2)C2(OC)CC2)cc1. The number of methoxy groups -OCH3 is 1. The second-order valence-electron chi connectivity index (χ2n) is 6.03. The molecule has 3 rings (SSSR count). The Balaban J connectivity index is 1.97. The van der Waals surface area contributed by atoms with Gasteiger partial charge in [-0.25, -0.2) is 0 Å². The van der Waals surface area contributed by atoms with Crippen LogP contribution in [0.5, 0.6) is 0 Å². The lowest BCUT2D eigenvalue weighted by Crippen LogP contribution is -2.30. The molecule has 22 heavy (non-hydrogen) atoms. The van der Waals surface area contributed by atoms with Gasteiger partial charge in [0.15, 0.2) is 5.78 Å². The molecule has 0 N–H and O–H groups in total. The average molecular weight is 294 g/mol. The molecule has 0 radical (unpaired) electrons. The molecular weight excluding hydrogens is 272 g/mol. The molecular formula is C20H22O2. The van der Waals surface area contributed by atoms with Crippen molar-refractivity contribution in [2.24, 2.45) is 0 Å². The Labute approximate surface area is 132 Å². The van der Waals surface area contributed by atoms with Crippen LogP contribution in [0.2, 0.25) is 0 Å². The standard InChI is InChI=1S/C20H22O2/c1-3-15-9-11-17(12-10-15)19(21)18(20(22-2)13-14-20)16-7-5-4-6-8-16/h4-12,18H,3,13-14H2,1-2H3. The maximum atomic E-state index is 13.1. The summed E-state index contributed by atoms with van der Waals surface area (Å²) >= 11 is 0. The van der Waals surface area contributed by atoms with Gasteiger partial charge < -0.3 is 4.74 Å². The molecule has 1 fully saturated rings. The monoisotopic (exact) mass is 294 g/mol. The van der Waals surface area contributed by atoms with Crippen LogP contribution in [0.15, 0.2) is 54.6 Å². The number of hydrogen-bond donors (Lipinski definition) is 0. The lowest BCUT2D eigenvalue weighted by atomic mass is 9.84. The van der Waals surface area contributed by atoms with Crippen molar-refractivity contribution in [2.45, 2.75) is 37.7 Å². The van der Waals surface area contributed by atoms with E-state index in [9.17, 15) is 4.79 Å². The number of rotatable bonds is 6. The third kappa shape index (κ3) is 2.71. The third-order valence-corrected chi connectivity index (χ3v) is 4.72. The van der Waals surface area contributed by atoms with E-state index in [1.54, 1.807) is 7.11 Å². The molecule has 0 spiro atoms. The molecule has 0 aliphatic heterocycles. The van der Waals surface area contributed by atoms with E-state index in [0.717, 1.165) is 30.4 Å². The van der Waals surface area contributed by atoms with Crippen LogP contribution in [0.3, 0.4) is 0 Å². The lowest BCUT2D eigenvalue weighted by molar-refractivity contribution is 0.0479. The molecule has 2 nitrogen and oxygen atoms in total. The van der Waals surface area contributed by atoms with Gasteiger partial charge in [-0.3, -0.25) is 4.79 Å². The molecule has 0 saturated heterocycles. The minimum Gasteiger partial charge on any atom is -0.377 e. The van der Waals surface area contributed by atoms with Crippen LogP contribution < -0.4 is 0 Å². The normalized spacial score (nSPS) is 17.0. The number of Topliss-reactive ketones (excluding diaryl/α,β-unsaturated/α-hetero) is 1. The smallest absolute Gasteiger partial charge is 0.173 e. The van der Waals surface area contributed by atoms with E-state index in [2.05, 4.69) is 6.92 Å². The van der Waals surface area contributed by atoms with Gasteiger partial charge >= 0.3 is 0 Å². The summed E-state index contributed by atoms with van der Waals surface area (Å²) in [6.45, 7) is 2.12. The number of carbonyl (C=O) groups excluding carboxylic acids is 1. The molecule has 0 amide bonds. The fourth-order valence-corrected chi connectivity index (χ4v) is 3.14. The molecule has 1 atom stereocenters. The lowest BCUT2D eigenvalue weighted by Gasteiger charge is -2.25. The van der Waals surface area contributed by atoms with E-state index in [4.69, 9.17) is 4.74 Å². The number of carbonyl (C=O) groups is 1. The van der Waals surface area contributed by atoms with Crippen molar-refractivity contribution in [3.05, 3.63) is 71.3 Å². The van der Waals surface area contributed by atoms with E-state index in [0.29, 0.717) is 0 Å². The topological polar surface area (TPSA) is 26.3 Å². The van der Waals surface area contributed by atoms with Crippen molar-refractivity contribution in [1.82, 2.24) is 0 Å². The minimum absolute atomic E-state index is 0.160. The molecule has 1 aliphatic rings. The Hall–Kier alpha value is -1.93. The Morgan fingerprint density at radius 1 is 1.09 bits per heavy atom. The third-order valence-electron chi connectivity index (χ3n) is 4.72. The van der Waals surface area contributed by atoms with Crippen molar-refractivity contribution < 1.29 is 9.53 Å². The Morgan fingerprint density at radius 2 is 1.73 bits per heavy atom. The average Bonchev–Trinajstić information content (AvgIpc) is 3.37. The maximum absolute atomic E-state index is 13.1. The molecule has 1 unspecified atom stereocenters. The number of ether oxygens (including phenoxy) is 1. The van der Waals surface area contributed by atoms with Crippen molar-refractivity contribution >= 4 is 5.78 Å². The van der Waals surface area contributed by atoms with Gasteiger partial charge in [0.25, 0.3) is 0 Å². The van der Waals surface area contributed by atoms with Gasteiger partial charge in [-0.15, -0.1) is 0 Å². The number of benzene rings is 2. The molecule has 1 saturated carbocycles. The maximum Gasteiger partial charge on any atom is 0.173 e. The van der Waals surface area contributed by atoms with Gasteiger partial charge in [0.2, 0.25) is 0 Å². The zero-order valence-corrected chi connectivity index (χ0v) is 13.2. The van der Waals surface area contributed by atoms with E-state index >= 15 is 0 Å². The van der Waals surface area contributed by atoms with Crippen LogP contribution in [0, 0.1) is 0 Å². The quantitative estimate of drug-likeness (QED) is 0.738. The highest BCUT2D eigenvalue weighted by molar-refractivity contribution is 6.02. The summed E-state index contributed by atoms with van der Waals surface area (Å²) in [5, 5.41) is 0. The minimum atomic E-state index is -0.318. The van der Waals surface area contributed by atoms with Crippen LogP contribution in [-0.2, 0) is 11.2 Å². The van der Waals surface area contributed by atoms with Crippen molar-refractivity contribution in [2.75, 3.05) is 7.11 Å². The highest BCUT2D eigenvalue weighted by atomic mass is 16.5. The first-order chi connectivity index (χ1) is 10.7. The van der Waals surface area contributed by atoms with Gasteiger partial charge in [0.1, 0.15) is 0 Å². The summed E-state index contributed by atoms with van der Waals surface area (Å²) in [7, 11) is 1.72. The van der Waals surface area contributed by atoms with Gasteiger partial charge in [0.05, 0.1) is 11.5 Å². The zero-order chi connectivity index (χ0) is 15.6. The largest absolute Gasteiger partial charge is 0.377 e. The summed E-state index contributed by atoms with van der Waals surface area (Å²) in [4.78, 5) is 13.1. The molecule has 1 aliphatic carbocycles. The van der Waals surface area contributed by atoms with Crippen LogP contribution in [0.4, 0.5) is 0 Å². The highest BCUT2D eigenvalue weighted by Crippen LogP contribution is 2.51. The van der Waals surface area contributed by atoms with Gasteiger partial charge in [-0.1, -0.05) is 61.5 Å². The predicted octanol–water partition coefficient (Wildman–Crippen LogP) is 4.39. The first-order valence-corrected chi connectivity index (χ1v) is 7.93. The summed E-state index contributed by atoms with van der Waals surface area (Å²) < 4.78 is 5.73. The molecule has 2 aromatic carbocycles. The molecule has 114 valence electrons. The number of ketones is 1. The molecule has 2 aromatic rings. The van der Waals surface area contributed by atoms with E-state index in [1.165, 1.54) is 5.56 Å². The van der Waals surface area contributed by atoms with Crippen molar-refractivity contribution in [1.29, 1.82) is 0 Å². The summed E-state index contributed by atoms with van der Waals surface area (Å²) in [5.41, 5.74) is 2.75. The number of aryl methyl sites for hydroxylation is 1. The van der Waals surface area contributed by atoms with Crippen LogP contribution in [0.1, 0.15) is 47.2 Å². The second kappa shape index (κ2) is 6.05. The van der Waals surface area contributed by atoms with Crippen LogP contribution in [-0.4, -0.2) is 18.5 Å². The van der Waals surface area contributed by atoms with Crippen molar-refractivity contribution in [3.63, 3.8) is 0 Å². The van der Waals surface area contributed by atoms with E-state index in [-0.39, 0.29) is 17.3 Å². The van der Waals surface area contributed by atoms with E-state index in [1.807, 2.05) is 54.6 Å². The van der Waals surface area contributed by atoms with Crippen LogP contribution >= 0.6 is 0 Å². The van der Waals surface area contributed by atoms with Crippen LogP contribution in [0.25, 0.3) is 0 Å². The molecule has 0 heterocycles. The van der Waals surface area contributed by atoms with Gasteiger partial charge in [-0.05, 0) is 30.4 Å². The van der Waals surface area contributed by atoms with Gasteiger partial charge in [0, 0.05) is 12.7 Å². The van der Waals surface area contributed by atoms with E-state index < -0.39 is 0 Å². The fourth-order valence-electron chi connectivity index (χ4n) is 3.14. The zero-order valence-electron chi connectivity index (χ0n) is 13.2. The summed E-state index contributed by atoms with van der Waals surface area (Å²) in [5.74, 6) is -0.0561. The fraction of sp³-hybridized carbons (Fsp3) is 0.350. The highest BCUT2D eigenvalue weighted by Gasteiger charge is 2.53. The van der Waals surface area contributed by atoms with Crippen molar-refractivity contribution in [3.8, 4) is 0 Å². The second-order valence-corrected chi connectivity index (χ2v) is 6.03. The first kappa shape index (κ1) is 15.0. The predicted molar refractivity (Wildman–Crippen MR) is 88.3 cm³/mol. The summed E-state index contributed by atoms with van der Waals surface area (Å²) in [6.07, 6.45) is 2.88. The number of hydrogen-bond acceptors (Lipinski definition) is 2. The summed E-state index contributed by atoms with van der Waals surface area (Å²) in [6, 6.07) is 18.0. The molecule has 0 bridgehead atoms. The first-order valence-electron chi connectivity index (χ1n) is 7.93. The van der Waals surface area contributed by atoms with Gasteiger partial charge in [-0.2, -0.15) is 0 Å². The molecule has 0 aromatic heterocycles.